The number of amides is 1. The predicted octanol–water partition coefficient (Wildman–Crippen LogP) is 2.34. The van der Waals surface area contributed by atoms with Crippen LogP contribution in [0.1, 0.15) is 12.0 Å². The fourth-order valence-corrected chi connectivity index (χ4v) is 5.05. The fourth-order valence-electron chi connectivity index (χ4n) is 3.25. The van der Waals surface area contributed by atoms with E-state index in [0.29, 0.717) is 13.0 Å². The minimum Gasteiger partial charge on any atom is -0.307 e. The Balaban J connectivity index is 1.74. The second-order valence-electron chi connectivity index (χ2n) is 6.77. The van der Waals surface area contributed by atoms with E-state index < -0.39 is 9.84 Å². The summed E-state index contributed by atoms with van der Waals surface area (Å²) in [4.78, 5) is 16.6. The zero-order valence-corrected chi connectivity index (χ0v) is 15.7. The molecule has 0 aliphatic carbocycles. The van der Waals surface area contributed by atoms with E-state index in [4.69, 9.17) is 0 Å². The molecule has 0 radical (unpaired) electrons. The highest BCUT2D eigenvalue weighted by molar-refractivity contribution is 7.91. The average Bonchev–Trinajstić information content (AvgIpc) is 3.01. The van der Waals surface area contributed by atoms with Crippen molar-refractivity contribution in [2.24, 2.45) is 0 Å². The van der Waals surface area contributed by atoms with E-state index in [2.05, 4.69) is 0 Å². The van der Waals surface area contributed by atoms with Crippen LogP contribution in [0.5, 0.6) is 0 Å². The molecule has 1 fully saturated rings. The number of hydrogen-bond acceptors (Lipinski definition) is 4. The summed E-state index contributed by atoms with van der Waals surface area (Å²) >= 11 is 0. The first-order valence-corrected chi connectivity index (χ1v) is 10.6. The van der Waals surface area contributed by atoms with E-state index in [1.165, 1.54) is 0 Å². The summed E-state index contributed by atoms with van der Waals surface area (Å²) in [6, 6.07) is 19.3. The molecule has 1 aliphatic heterocycles. The Morgan fingerprint density at radius 3 is 2.23 bits per heavy atom. The summed E-state index contributed by atoms with van der Waals surface area (Å²) in [6.07, 6.45) is 0.593. The molecule has 0 bridgehead atoms. The van der Waals surface area contributed by atoms with Gasteiger partial charge in [0.2, 0.25) is 5.91 Å². The van der Waals surface area contributed by atoms with Crippen molar-refractivity contribution in [3.05, 3.63) is 66.2 Å². The van der Waals surface area contributed by atoms with Crippen molar-refractivity contribution in [1.82, 2.24) is 4.90 Å². The number of hydrogen-bond donors (Lipinski definition) is 0. The topological polar surface area (TPSA) is 57.7 Å². The molecule has 0 saturated carbocycles. The van der Waals surface area contributed by atoms with E-state index in [9.17, 15) is 13.2 Å². The van der Waals surface area contributed by atoms with Gasteiger partial charge in [0.1, 0.15) is 0 Å². The predicted molar refractivity (Wildman–Crippen MR) is 104 cm³/mol. The van der Waals surface area contributed by atoms with Crippen molar-refractivity contribution in [3.63, 3.8) is 0 Å². The lowest BCUT2D eigenvalue weighted by Crippen LogP contribution is -2.43. The monoisotopic (exact) mass is 372 g/mol. The zero-order valence-electron chi connectivity index (χ0n) is 14.9. The lowest BCUT2D eigenvalue weighted by atomic mass is 10.2. The Morgan fingerprint density at radius 2 is 1.65 bits per heavy atom. The first kappa shape index (κ1) is 18.6. The molecule has 1 amide bonds. The van der Waals surface area contributed by atoms with Crippen LogP contribution in [0, 0.1) is 0 Å². The number of para-hydroxylation sites is 1. The summed E-state index contributed by atoms with van der Waals surface area (Å²) in [5.41, 5.74) is 1.89. The largest absolute Gasteiger partial charge is 0.307 e. The number of nitrogens with zero attached hydrogens (tertiary/aromatic N) is 2. The van der Waals surface area contributed by atoms with Gasteiger partial charge in [0.15, 0.2) is 9.84 Å². The maximum atomic E-state index is 13.0. The van der Waals surface area contributed by atoms with Gasteiger partial charge < -0.3 is 4.90 Å². The molecule has 26 heavy (non-hydrogen) atoms. The third kappa shape index (κ3) is 4.71. The molecule has 5 nitrogen and oxygen atoms in total. The third-order valence-electron chi connectivity index (χ3n) is 4.77. The molecule has 1 heterocycles. The number of carbonyl (C=O) groups is 1. The molecule has 2 aromatic carbocycles. The molecule has 3 rings (SSSR count). The fraction of sp³-hybridized carbons (Fsp3) is 0.350. The van der Waals surface area contributed by atoms with Crippen LogP contribution >= 0.6 is 0 Å². The molecule has 0 spiro atoms. The maximum Gasteiger partial charge on any atom is 0.241 e. The first-order chi connectivity index (χ1) is 12.4. The van der Waals surface area contributed by atoms with Gasteiger partial charge in [-0.25, -0.2) is 8.42 Å². The number of carbonyl (C=O) groups excluding carboxylic acids is 1. The van der Waals surface area contributed by atoms with Gasteiger partial charge in [0, 0.05) is 11.7 Å². The SMILES string of the molecule is CN(CC(=O)N(Cc1ccccc1)c1ccccc1)C1CCS(=O)(=O)C1. The maximum absolute atomic E-state index is 13.0. The van der Waals surface area contributed by atoms with Crippen molar-refractivity contribution in [3.8, 4) is 0 Å². The van der Waals surface area contributed by atoms with Crippen LogP contribution in [0.25, 0.3) is 0 Å². The smallest absolute Gasteiger partial charge is 0.241 e. The van der Waals surface area contributed by atoms with Crippen molar-refractivity contribution in [1.29, 1.82) is 0 Å². The molecular weight excluding hydrogens is 348 g/mol. The van der Waals surface area contributed by atoms with Crippen molar-refractivity contribution in [2.75, 3.05) is 30.0 Å². The molecule has 0 N–H and O–H groups in total. The average molecular weight is 372 g/mol. The molecule has 1 unspecified atom stereocenters. The highest BCUT2D eigenvalue weighted by Gasteiger charge is 2.32. The van der Waals surface area contributed by atoms with Gasteiger partial charge in [-0.05, 0) is 31.2 Å². The molecule has 2 aromatic rings. The van der Waals surface area contributed by atoms with Crippen molar-refractivity contribution >= 4 is 21.4 Å². The summed E-state index contributed by atoms with van der Waals surface area (Å²) in [5.74, 6) is 0.315. The molecule has 1 aliphatic rings. The number of anilines is 1. The third-order valence-corrected chi connectivity index (χ3v) is 6.52. The normalized spacial score (nSPS) is 18.8. The van der Waals surface area contributed by atoms with Crippen LogP contribution in [0.15, 0.2) is 60.7 Å². The van der Waals surface area contributed by atoms with Gasteiger partial charge in [0.05, 0.1) is 24.6 Å². The van der Waals surface area contributed by atoms with Crippen molar-refractivity contribution in [2.45, 2.75) is 19.0 Å². The summed E-state index contributed by atoms with van der Waals surface area (Å²) in [6.45, 7) is 0.683. The minimum atomic E-state index is -2.96. The van der Waals surface area contributed by atoms with Crippen LogP contribution in [0.2, 0.25) is 0 Å². The number of sulfone groups is 1. The Morgan fingerprint density at radius 1 is 1.04 bits per heavy atom. The number of likely N-dealkylation sites (N-methyl/N-ethyl adjacent to an activating group) is 1. The second-order valence-corrected chi connectivity index (χ2v) is 9.00. The Hall–Kier alpha value is -2.18. The molecule has 0 aromatic heterocycles. The Labute approximate surface area is 155 Å². The summed E-state index contributed by atoms with van der Waals surface area (Å²) in [7, 11) is -1.14. The van der Waals surface area contributed by atoms with Gasteiger partial charge >= 0.3 is 0 Å². The number of benzene rings is 2. The lowest BCUT2D eigenvalue weighted by Gasteiger charge is -2.28. The van der Waals surface area contributed by atoms with Crippen molar-refractivity contribution < 1.29 is 13.2 Å². The first-order valence-electron chi connectivity index (χ1n) is 8.74. The molecule has 138 valence electrons. The second kappa shape index (κ2) is 8.01. The Kier molecular flexibility index (Phi) is 5.74. The van der Waals surface area contributed by atoms with Crippen LogP contribution in [0.4, 0.5) is 5.69 Å². The number of rotatable bonds is 6. The van der Waals surface area contributed by atoms with E-state index in [1.54, 1.807) is 4.90 Å². The summed E-state index contributed by atoms with van der Waals surface area (Å²) < 4.78 is 23.4. The van der Waals surface area contributed by atoms with Gasteiger partial charge in [-0.1, -0.05) is 48.5 Å². The van der Waals surface area contributed by atoms with Crippen LogP contribution in [0.3, 0.4) is 0 Å². The highest BCUT2D eigenvalue weighted by atomic mass is 32.2. The van der Waals surface area contributed by atoms with Crippen LogP contribution < -0.4 is 4.90 Å². The lowest BCUT2D eigenvalue weighted by molar-refractivity contribution is -0.120. The van der Waals surface area contributed by atoms with Gasteiger partial charge in [-0.2, -0.15) is 0 Å². The van der Waals surface area contributed by atoms with Crippen LogP contribution in [-0.4, -0.2) is 50.4 Å². The van der Waals surface area contributed by atoms with Gasteiger partial charge in [-0.15, -0.1) is 0 Å². The van der Waals surface area contributed by atoms with E-state index >= 15 is 0 Å². The van der Waals surface area contributed by atoms with E-state index in [1.807, 2.05) is 72.6 Å². The van der Waals surface area contributed by atoms with Gasteiger partial charge in [-0.3, -0.25) is 9.69 Å². The molecule has 1 atom stereocenters. The molecule has 1 saturated heterocycles. The quantitative estimate of drug-likeness (QED) is 0.781. The zero-order chi connectivity index (χ0) is 18.6. The summed E-state index contributed by atoms with van der Waals surface area (Å²) in [5, 5.41) is 0. The standard InChI is InChI=1S/C20H24N2O3S/c1-21(19-12-13-26(24,25)16-19)15-20(23)22(18-10-6-3-7-11-18)14-17-8-4-2-5-9-17/h2-11,19H,12-16H2,1H3. The molecule has 6 heteroatoms. The molecular formula is C20H24N2O3S. The minimum absolute atomic E-state index is 0.0353. The van der Waals surface area contributed by atoms with E-state index in [-0.39, 0.29) is 30.0 Å². The van der Waals surface area contributed by atoms with Crippen LogP contribution in [-0.2, 0) is 21.2 Å². The highest BCUT2D eigenvalue weighted by Crippen LogP contribution is 2.20. The van der Waals surface area contributed by atoms with Gasteiger partial charge in [0.25, 0.3) is 0 Å². The van der Waals surface area contributed by atoms with E-state index in [0.717, 1.165) is 11.3 Å². The Bertz CT molecular complexity index is 838.